The van der Waals surface area contributed by atoms with E-state index in [1.165, 1.54) is 0 Å². The maximum absolute atomic E-state index is 6.21. The number of nitrogens with zero attached hydrogens (tertiary/aromatic N) is 1. The average molecular weight is 329 g/mol. The molecule has 0 aliphatic carbocycles. The van der Waals surface area contributed by atoms with Crippen molar-refractivity contribution in [3.8, 4) is 17.2 Å². The third-order valence-electron chi connectivity index (χ3n) is 4.56. The van der Waals surface area contributed by atoms with Gasteiger partial charge >= 0.3 is 0 Å². The molecule has 22 heavy (non-hydrogen) atoms. The molecule has 1 unspecified atom stereocenters. The molecule has 5 nitrogen and oxygen atoms in total. The van der Waals surface area contributed by atoms with Gasteiger partial charge in [0.25, 0.3) is 0 Å². The Morgan fingerprint density at radius 3 is 2.64 bits per heavy atom. The summed E-state index contributed by atoms with van der Waals surface area (Å²) >= 11 is 0. The third kappa shape index (κ3) is 3.26. The zero-order valence-corrected chi connectivity index (χ0v) is 14.2. The van der Waals surface area contributed by atoms with Gasteiger partial charge in [-0.05, 0) is 17.9 Å². The van der Waals surface area contributed by atoms with E-state index in [2.05, 4.69) is 18.7 Å². The molecule has 0 spiro atoms. The van der Waals surface area contributed by atoms with Gasteiger partial charge in [-0.1, -0.05) is 13.8 Å². The summed E-state index contributed by atoms with van der Waals surface area (Å²) in [4.78, 5) is 2.43. The second-order valence-corrected chi connectivity index (χ2v) is 6.61. The first-order valence-electron chi connectivity index (χ1n) is 7.44. The quantitative estimate of drug-likeness (QED) is 0.923. The Bertz CT molecular complexity index is 536. The lowest BCUT2D eigenvalue weighted by Crippen LogP contribution is -2.52. The summed E-state index contributed by atoms with van der Waals surface area (Å²) in [5.41, 5.74) is 7.48. The lowest BCUT2D eigenvalue weighted by Gasteiger charge is -2.42. The topological polar surface area (TPSA) is 57.0 Å². The van der Waals surface area contributed by atoms with Crippen molar-refractivity contribution in [2.75, 3.05) is 27.0 Å². The molecule has 1 atom stereocenters. The predicted octanol–water partition coefficient (Wildman–Crippen LogP) is 2.40. The molecule has 2 aliphatic heterocycles. The van der Waals surface area contributed by atoms with Crippen LogP contribution in [0.25, 0.3) is 0 Å². The molecule has 0 bridgehead atoms. The number of hydrogen-bond acceptors (Lipinski definition) is 5. The van der Waals surface area contributed by atoms with E-state index in [-0.39, 0.29) is 30.7 Å². The zero-order chi connectivity index (χ0) is 15.0. The predicted molar refractivity (Wildman–Crippen MR) is 88.0 cm³/mol. The largest absolute Gasteiger partial charge is 0.496 e. The van der Waals surface area contributed by atoms with Crippen LogP contribution in [0, 0.1) is 5.41 Å². The molecule has 0 aromatic heterocycles. The van der Waals surface area contributed by atoms with Gasteiger partial charge in [-0.2, -0.15) is 0 Å². The maximum atomic E-state index is 6.21. The van der Waals surface area contributed by atoms with Crippen molar-refractivity contribution in [1.82, 2.24) is 4.90 Å². The number of hydrogen-bond donors (Lipinski definition) is 1. The number of benzene rings is 1. The molecule has 0 radical (unpaired) electrons. The van der Waals surface area contributed by atoms with Gasteiger partial charge < -0.3 is 19.9 Å². The molecule has 1 fully saturated rings. The number of likely N-dealkylation sites (tertiary alicyclic amines) is 1. The van der Waals surface area contributed by atoms with E-state index in [4.69, 9.17) is 19.9 Å². The minimum atomic E-state index is 0. The number of ether oxygens (including phenoxy) is 3. The van der Waals surface area contributed by atoms with E-state index in [0.29, 0.717) is 0 Å². The SMILES string of the molecule is COc1cc2c(cc1CN1CCC(N)C(C)(C)C1)OCO2.Cl. The van der Waals surface area contributed by atoms with Crippen molar-refractivity contribution in [1.29, 1.82) is 0 Å². The number of fused-ring (bicyclic) bond motifs is 1. The van der Waals surface area contributed by atoms with Crippen LogP contribution in [-0.4, -0.2) is 37.9 Å². The highest BCUT2D eigenvalue weighted by Gasteiger charge is 2.33. The normalized spacial score (nSPS) is 23.0. The van der Waals surface area contributed by atoms with Gasteiger partial charge in [0.2, 0.25) is 6.79 Å². The first-order chi connectivity index (χ1) is 9.99. The van der Waals surface area contributed by atoms with Crippen molar-refractivity contribution < 1.29 is 14.2 Å². The van der Waals surface area contributed by atoms with E-state index < -0.39 is 0 Å². The molecule has 1 aromatic rings. The minimum Gasteiger partial charge on any atom is -0.496 e. The summed E-state index contributed by atoms with van der Waals surface area (Å²) in [6, 6.07) is 4.22. The summed E-state index contributed by atoms with van der Waals surface area (Å²) in [6.07, 6.45) is 1.03. The van der Waals surface area contributed by atoms with Gasteiger partial charge in [-0.3, -0.25) is 4.90 Å². The average Bonchev–Trinajstić information content (AvgIpc) is 2.89. The van der Waals surface area contributed by atoms with Crippen LogP contribution in [0.1, 0.15) is 25.8 Å². The van der Waals surface area contributed by atoms with Crippen molar-refractivity contribution in [2.24, 2.45) is 11.1 Å². The standard InChI is InChI=1S/C16H24N2O3.ClH/c1-16(2)9-18(5-4-15(16)17)8-11-6-13-14(21-10-20-13)7-12(11)19-3;/h6-7,15H,4-5,8-10,17H2,1-3H3;1H. The van der Waals surface area contributed by atoms with Gasteiger partial charge in [0, 0.05) is 37.3 Å². The van der Waals surface area contributed by atoms with Crippen LogP contribution >= 0.6 is 12.4 Å². The van der Waals surface area contributed by atoms with Crippen LogP contribution in [-0.2, 0) is 6.54 Å². The smallest absolute Gasteiger partial charge is 0.231 e. The third-order valence-corrected chi connectivity index (χ3v) is 4.56. The number of piperidine rings is 1. The Kier molecular flexibility index (Phi) is 5.10. The van der Waals surface area contributed by atoms with Crippen LogP contribution in [0.5, 0.6) is 17.2 Å². The van der Waals surface area contributed by atoms with Crippen LogP contribution in [0.3, 0.4) is 0 Å². The fourth-order valence-corrected chi connectivity index (χ4v) is 3.14. The molecule has 2 heterocycles. The van der Waals surface area contributed by atoms with E-state index in [9.17, 15) is 0 Å². The second-order valence-electron chi connectivity index (χ2n) is 6.61. The molecule has 2 N–H and O–H groups in total. The highest BCUT2D eigenvalue weighted by molar-refractivity contribution is 5.85. The maximum Gasteiger partial charge on any atom is 0.231 e. The highest BCUT2D eigenvalue weighted by Crippen LogP contribution is 2.39. The van der Waals surface area contributed by atoms with Gasteiger partial charge in [0.1, 0.15) is 5.75 Å². The minimum absolute atomic E-state index is 0. The summed E-state index contributed by atoms with van der Waals surface area (Å²) in [5, 5.41) is 0. The second kappa shape index (κ2) is 6.52. The van der Waals surface area contributed by atoms with Gasteiger partial charge in [-0.25, -0.2) is 0 Å². The Morgan fingerprint density at radius 2 is 2.00 bits per heavy atom. The summed E-state index contributed by atoms with van der Waals surface area (Å²) in [5.74, 6) is 2.42. The van der Waals surface area contributed by atoms with Gasteiger partial charge in [-0.15, -0.1) is 12.4 Å². The van der Waals surface area contributed by atoms with Gasteiger partial charge in [0.15, 0.2) is 11.5 Å². The zero-order valence-electron chi connectivity index (χ0n) is 13.4. The van der Waals surface area contributed by atoms with E-state index in [0.717, 1.165) is 48.9 Å². The first kappa shape index (κ1) is 17.2. The fourth-order valence-electron chi connectivity index (χ4n) is 3.14. The Labute approximate surface area is 138 Å². The summed E-state index contributed by atoms with van der Waals surface area (Å²) in [6.45, 7) is 7.61. The van der Waals surface area contributed by atoms with E-state index >= 15 is 0 Å². The monoisotopic (exact) mass is 328 g/mol. The van der Waals surface area contributed by atoms with Gasteiger partial charge in [0.05, 0.1) is 7.11 Å². The molecule has 6 heteroatoms. The van der Waals surface area contributed by atoms with E-state index in [1.54, 1.807) is 7.11 Å². The highest BCUT2D eigenvalue weighted by atomic mass is 35.5. The molecule has 124 valence electrons. The molecule has 0 saturated carbocycles. The molecule has 1 aromatic carbocycles. The van der Waals surface area contributed by atoms with Crippen LogP contribution in [0.2, 0.25) is 0 Å². The lowest BCUT2D eigenvalue weighted by atomic mass is 9.79. The first-order valence-corrected chi connectivity index (χ1v) is 7.44. The fraction of sp³-hybridized carbons (Fsp3) is 0.625. The molecule has 1 saturated heterocycles. The van der Waals surface area contributed by atoms with Crippen LogP contribution in [0.15, 0.2) is 12.1 Å². The summed E-state index contributed by atoms with van der Waals surface area (Å²) < 4.78 is 16.4. The van der Waals surface area contributed by atoms with Crippen molar-refractivity contribution in [3.63, 3.8) is 0 Å². The molecular formula is C16H25ClN2O3. The molecular weight excluding hydrogens is 304 g/mol. The van der Waals surface area contributed by atoms with Crippen molar-refractivity contribution in [3.05, 3.63) is 17.7 Å². The van der Waals surface area contributed by atoms with Crippen LogP contribution in [0.4, 0.5) is 0 Å². The summed E-state index contributed by atoms with van der Waals surface area (Å²) in [7, 11) is 1.69. The van der Waals surface area contributed by atoms with Crippen LogP contribution < -0.4 is 19.9 Å². The number of methoxy groups -OCH3 is 1. The Balaban J connectivity index is 0.00000176. The molecule has 2 aliphatic rings. The Hall–Kier alpha value is -1.17. The number of halogens is 1. The van der Waals surface area contributed by atoms with Crippen molar-refractivity contribution >= 4 is 12.4 Å². The number of nitrogens with two attached hydrogens (primary N) is 1. The number of rotatable bonds is 3. The van der Waals surface area contributed by atoms with E-state index in [1.807, 2.05) is 12.1 Å². The van der Waals surface area contributed by atoms with Crippen molar-refractivity contribution in [2.45, 2.75) is 32.9 Å². The Morgan fingerprint density at radius 1 is 1.32 bits per heavy atom. The lowest BCUT2D eigenvalue weighted by molar-refractivity contribution is 0.0892. The molecule has 3 rings (SSSR count). The molecule has 0 amide bonds.